The number of aliphatic hydroxyl groups excluding tert-OH is 1. The van der Waals surface area contributed by atoms with Crippen LogP contribution in [0.1, 0.15) is 13.8 Å². The Morgan fingerprint density at radius 3 is 2.53 bits per heavy atom. The summed E-state index contributed by atoms with van der Waals surface area (Å²) in [6, 6.07) is 2.57. The summed E-state index contributed by atoms with van der Waals surface area (Å²) in [6.07, 6.45) is -0.799. The van der Waals surface area contributed by atoms with Crippen LogP contribution in [0, 0.1) is 0 Å². The molecule has 108 valence electrons. The molecule has 0 aliphatic carbocycles. The Morgan fingerprint density at radius 2 is 2.00 bits per heavy atom. The van der Waals surface area contributed by atoms with Crippen LogP contribution in [0.3, 0.4) is 0 Å². The molecule has 0 aliphatic rings. The minimum atomic E-state index is -3.82. The summed E-state index contributed by atoms with van der Waals surface area (Å²) < 4.78 is 31.4. The zero-order chi connectivity index (χ0) is 14.6. The Morgan fingerprint density at radius 1 is 1.37 bits per heavy atom. The second-order valence-electron chi connectivity index (χ2n) is 3.85. The van der Waals surface area contributed by atoms with E-state index in [0.29, 0.717) is 12.4 Å². The van der Waals surface area contributed by atoms with Crippen molar-refractivity contribution in [1.29, 1.82) is 0 Å². The van der Waals surface area contributed by atoms with Crippen LogP contribution in [-0.2, 0) is 10.0 Å². The van der Waals surface area contributed by atoms with Crippen LogP contribution in [0.25, 0.3) is 0 Å². The van der Waals surface area contributed by atoms with Crippen molar-refractivity contribution in [2.24, 2.45) is 0 Å². The average molecular weight is 328 g/mol. The maximum Gasteiger partial charge on any atom is 0.242 e. The monoisotopic (exact) mass is 327 g/mol. The molecule has 0 fully saturated rings. The fourth-order valence-electron chi connectivity index (χ4n) is 1.29. The van der Waals surface area contributed by atoms with Crippen LogP contribution in [0.5, 0.6) is 5.75 Å². The molecule has 2 N–H and O–H groups in total. The van der Waals surface area contributed by atoms with Gasteiger partial charge in [-0.1, -0.05) is 23.2 Å². The Labute approximate surface area is 122 Å². The molecule has 0 unspecified atom stereocenters. The first-order valence-corrected chi connectivity index (χ1v) is 7.81. The van der Waals surface area contributed by atoms with E-state index in [4.69, 9.17) is 33.0 Å². The van der Waals surface area contributed by atoms with Gasteiger partial charge in [-0.3, -0.25) is 0 Å². The highest BCUT2D eigenvalue weighted by atomic mass is 35.5. The van der Waals surface area contributed by atoms with Crippen LogP contribution in [0.15, 0.2) is 17.0 Å². The van der Waals surface area contributed by atoms with Gasteiger partial charge in [0.2, 0.25) is 10.0 Å². The summed E-state index contributed by atoms with van der Waals surface area (Å²) in [5.74, 6) is 0.323. The molecule has 0 saturated carbocycles. The van der Waals surface area contributed by atoms with Crippen molar-refractivity contribution in [2.75, 3.05) is 13.2 Å². The lowest BCUT2D eigenvalue weighted by Crippen LogP contribution is -2.30. The van der Waals surface area contributed by atoms with Crippen LogP contribution in [0.4, 0.5) is 0 Å². The third-order valence-electron chi connectivity index (χ3n) is 2.14. The molecular formula is C11H15Cl2NO4S. The number of rotatable bonds is 6. The van der Waals surface area contributed by atoms with E-state index in [2.05, 4.69) is 4.72 Å². The van der Waals surface area contributed by atoms with E-state index >= 15 is 0 Å². The fourth-order valence-corrected chi connectivity index (χ4v) is 3.24. The lowest BCUT2D eigenvalue weighted by molar-refractivity contribution is 0.198. The molecule has 0 heterocycles. The average Bonchev–Trinajstić information content (AvgIpc) is 2.31. The lowest BCUT2D eigenvalue weighted by atomic mass is 10.3. The van der Waals surface area contributed by atoms with Crippen molar-refractivity contribution < 1.29 is 18.3 Å². The zero-order valence-corrected chi connectivity index (χ0v) is 12.8. The topological polar surface area (TPSA) is 75.6 Å². The Bertz CT molecular complexity index is 546. The number of hydrogen-bond donors (Lipinski definition) is 2. The van der Waals surface area contributed by atoms with Gasteiger partial charge in [-0.25, -0.2) is 13.1 Å². The van der Waals surface area contributed by atoms with Crippen LogP contribution >= 0.6 is 23.2 Å². The number of aliphatic hydroxyl groups is 1. The van der Waals surface area contributed by atoms with Gasteiger partial charge < -0.3 is 9.84 Å². The van der Waals surface area contributed by atoms with E-state index in [9.17, 15) is 8.42 Å². The van der Waals surface area contributed by atoms with Gasteiger partial charge >= 0.3 is 0 Å². The highest BCUT2D eigenvalue weighted by molar-refractivity contribution is 7.89. The molecule has 19 heavy (non-hydrogen) atoms. The summed E-state index contributed by atoms with van der Waals surface area (Å²) in [7, 11) is -3.82. The van der Waals surface area contributed by atoms with Gasteiger partial charge in [0.25, 0.3) is 0 Å². The number of nitrogens with one attached hydrogen (secondary N) is 1. The van der Waals surface area contributed by atoms with Crippen LogP contribution in [0.2, 0.25) is 10.0 Å². The van der Waals surface area contributed by atoms with Crippen molar-refractivity contribution in [3.63, 3.8) is 0 Å². The minimum absolute atomic E-state index is 0.00550. The smallest absolute Gasteiger partial charge is 0.242 e. The predicted octanol–water partition coefficient (Wildman–Crippen LogP) is 2.05. The lowest BCUT2D eigenvalue weighted by Gasteiger charge is -2.12. The SMILES string of the molecule is CCOc1cc(Cl)c(S(=O)(=O)NC[C@H](C)O)cc1Cl. The van der Waals surface area contributed by atoms with Crippen molar-refractivity contribution in [3.8, 4) is 5.75 Å². The van der Waals surface area contributed by atoms with Gasteiger partial charge in [-0.05, 0) is 19.9 Å². The highest BCUT2D eigenvalue weighted by Crippen LogP contribution is 2.33. The molecular weight excluding hydrogens is 313 g/mol. The number of ether oxygens (including phenoxy) is 1. The van der Waals surface area contributed by atoms with Gasteiger partial charge in [0, 0.05) is 12.6 Å². The molecule has 0 radical (unpaired) electrons. The molecule has 5 nitrogen and oxygen atoms in total. The molecule has 0 spiro atoms. The van der Waals surface area contributed by atoms with E-state index in [1.807, 2.05) is 0 Å². The molecule has 0 bridgehead atoms. The van der Waals surface area contributed by atoms with E-state index < -0.39 is 16.1 Å². The molecule has 8 heteroatoms. The second kappa shape index (κ2) is 6.76. The molecule has 0 aromatic heterocycles. The molecule has 0 saturated heterocycles. The van der Waals surface area contributed by atoms with Crippen molar-refractivity contribution in [1.82, 2.24) is 4.72 Å². The van der Waals surface area contributed by atoms with Crippen molar-refractivity contribution in [2.45, 2.75) is 24.8 Å². The predicted molar refractivity (Wildman–Crippen MR) is 74.5 cm³/mol. The number of hydrogen-bond acceptors (Lipinski definition) is 4. The summed E-state index contributed by atoms with van der Waals surface area (Å²) in [5, 5.41) is 9.26. The van der Waals surface area contributed by atoms with Gasteiger partial charge in [-0.2, -0.15) is 0 Å². The normalized spacial score (nSPS) is 13.3. The van der Waals surface area contributed by atoms with Crippen LogP contribution in [-0.4, -0.2) is 32.8 Å². The Balaban J connectivity index is 3.10. The Kier molecular flexibility index (Phi) is 5.88. The highest BCUT2D eigenvalue weighted by Gasteiger charge is 2.20. The molecule has 0 amide bonds. The third-order valence-corrected chi connectivity index (χ3v) is 4.33. The third kappa shape index (κ3) is 4.50. The zero-order valence-electron chi connectivity index (χ0n) is 10.5. The second-order valence-corrected chi connectivity index (χ2v) is 6.40. The molecule has 1 aromatic rings. The summed E-state index contributed by atoms with van der Waals surface area (Å²) >= 11 is 11.8. The maximum absolute atomic E-state index is 12.0. The van der Waals surface area contributed by atoms with Gasteiger partial charge in [0.15, 0.2) is 0 Å². The van der Waals surface area contributed by atoms with E-state index in [1.54, 1.807) is 6.92 Å². The van der Waals surface area contributed by atoms with E-state index in [1.165, 1.54) is 19.1 Å². The standard InChI is InChI=1S/C11H15Cl2NO4S/c1-3-18-10-4-9(13)11(5-8(10)12)19(16,17)14-6-7(2)15/h4-5,7,14-15H,3,6H2,1-2H3/t7-/m0/s1. The molecule has 0 aliphatic heterocycles. The van der Waals surface area contributed by atoms with Gasteiger partial charge in [-0.15, -0.1) is 0 Å². The summed E-state index contributed by atoms with van der Waals surface area (Å²) in [5.41, 5.74) is 0. The van der Waals surface area contributed by atoms with Crippen molar-refractivity contribution in [3.05, 3.63) is 22.2 Å². The maximum atomic E-state index is 12.0. The first-order valence-electron chi connectivity index (χ1n) is 5.57. The minimum Gasteiger partial charge on any atom is -0.492 e. The van der Waals surface area contributed by atoms with Gasteiger partial charge in [0.1, 0.15) is 10.6 Å². The molecule has 1 aromatic carbocycles. The molecule has 1 rings (SSSR count). The number of halogens is 2. The van der Waals surface area contributed by atoms with Gasteiger partial charge in [0.05, 0.1) is 22.8 Å². The van der Waals surface area contributed by atoms with Crippen LogP contribution < -0.4 is 9.46 Å². The number of sulfonamides is 1. The first-order chi connectivity index (χ1) is 8.77. The van der Waals surface area contributed by atoms with Crippen molar-refractivity contribution >= 4 is 33.2 Å². The largest absolute Gasteiger partial charge is 0.492 e. The fraction of sp³-hybridized carbons (Fsp3) is 0.455. The quantitative estimate of drug-likeness (QED) is 0.838. The van der Waals surface area contributed by atoms with E-state index in [-0.39, 0.29) is 21.5 Å². The summed E-state index contributed by atoms with van der Waals surface area (Å²) in [4.78, 5) is -0.150. The summed E-state index contributed by atoms with van der Waals surface area (Å²) in [6.45, 7) is 3.53. The first kappa shape index (κ1) is 16.5. The Hall–Kier alpha value is -0.530. The number of benzene rings is 1. The molecule has 1 atom stereocenters. The van der Waals surface area contributed by atoms with E-state index in [0.717, 1.165) is 0 Å².